The average molecular weight is 272 g/mol. The van der Waals surface area contributed by atoms with Gasteiger partial charge in [-0.3, -0.25) is 9.90 Å². The molecule has 0 unspecified atom stereocenters. The van der Waals surface area contributed by atoms with Gasteiger partial charge in [-0.05, 0) is 23.3 Å². The molecule has 0 radical (unpaired) electrons. The Kier molecular flexibility index (Phi) is 3.53. The van der Waals surface area contributed by atoms with Crippen LogP contribution in [0.2, 0.25) is 5.02 Å². The van der Waals surface area contributed by atoms with Crippen molar-refractivity contribution < 1.29 is 4.84 Å². The molecule has 3 heteroatoms. The van der Waals surface area contributed by atoms with Gasteiger partial charge in [0.25, 0.3) is 0 Å². The van der Waals surface area contributed by atoms with Gasteiger partial charge >= 0.3 is 0 Å². The Morgan fingerprint density at radius 3 is 2.53 bits per heavy atom. The van der Waals surface area contributed by atoms with Gasteiger partial charge in [0.2, 0.25) is 0 Å². The molecule has 96 valence electrons. The van der Waals surface area contributed by atoms with E-state index in [-0.39, 0.29) is 6.10 Å². The predicted octanol–water partition coefficient (Wildman–Crippen LogP) is 4.34. The highest BCUT2D eigenvalue weighted by Gasteiger charge is 2.19. The monoisotopic (exact) mass is 271 g/mol. The molecule has 19 heavy (non-hydrogen) atoms. The lowest BCUT2D eigenvalue weighted by Gasteiger charge is -2.18. The van der Waals surface area contributed by atoms with Crippen molar-refractivity contribution >= 4 is 11.6 Å². The first-order chi connectivity index (χ1) is 9.33. The largest absolute Gasteiger partial charge is 0.261 e. The summed E-state index contributed by atoms with van der Waals surface area (Å²) >= 11 is 6.15. The Balaban J connectivity index is 1.68. The van der Waals surface area contributed by atoms with Gasteiger partial charge in [0.1, 0.15) is 6.10 Å². The molecule has 0 fully saturated rings. The zero-order valence-corrected chi connectivity index (χ0v) is 11.1. The van der Waals surface area contributed by atoms with Crippen molar-refractivity contribution in [3.63, 3.8) is 0 Å². The Morgan fingerprint density at radius 2 is 1.74 bits per heavy atom. The van der Waals surface area contributed by atoms with Crippen LogP contribution in [0.4, 0.5) is 0 Å². The van der Waals surface area contributed by atoms with E-state index in [4.69, 9.17) is 16.4 Å². The second-order valence-corrected chi connectivity index (χ2v) is 4.85. The van der Waals surface area contributed by atoms with Crippen LogP contribution in [0, 0.1) is 0 Å². The summed E-state index contributed by atoms with van der Waals surface area (Å²) in [4.78, 5) is 5.87. The van der Waals surface area contributed by atoms with Crippen LogP contribution in [0.25, 0.3) is 0 Å². The summed E-state index contributed by atoms with van der Waals surface area (Å²) in [5, 5.41) is 2.58. The summed E-state index contributed by atoms with van der Waals surface area (Å²) < 4.78 is 0. The molecule has 3 rings (SSSR count). The topological polar surface area (TPSA) is 12.5 Å². The quantitative estimate of drug-likeness (QED) is 0.823. The second-order valence-electron chi connectivity index (χ2n) is 4.44. The number of hydrogen-bond donors (Lipinski definition) is 0. The Bertz CT molecular complexity index is 582. The number of halogens is 1. The van der Waals surface area contributed by atoms with Crippen molar-refractivity contribution in [2.24, 2.45) is 0 Å². The smallest absolute Gasteiger partial charge is 0.131 e. The lowest BCUT2D eigenvalue weighted by molar-refractivity contribution is -0.137. The van der Waals surface area contributed by atoms with E-state index in [2.05, 4.69) is 12.1 Å². The van der Waals surface area contributed by atoms with Crippen LogP contribution in [0.5, 0.6) is 0 Å². The maximum atomic E-state index is 6.15. The van der Waals surface area contributed by atoms with Crippen LogP contribution >= 0.6 is 11.6 Å². The van der Waals surface area contributed by atoms with Crippen molar-refractivity contribution in [3.05, 3.63) is 83.0 Å². The fourth-order valence-electron chi connectivity index (χ4n) is 2.09. The minimum absolute atomic E-state index is 0.0105. The van der Waals surface area contributed by atoms with Crippen molar-refractivity contribution in [1.29, 1.82) is 0 Å². The number of hydrogen-bond acceptors (Lipinski definition) is 2. The molecule has 2 aromatic rings. The first-order valence-electron chi connectivity index (χ1n) is 6.23. The van der Waals surface area contributed by atoms with Crippen LogP contribution in [-0.2, 0) is 11.4 Å². The van der Waals surface area contributed by atoms with Crippen molar-refractivity contribution in [1.82, 2.24) is 5.06 Å². The van der Waals surface area contributed by atoms with Crippen LogP contribution in [0.3, 0.4) is 0 Å². The third kappa shape index (κ3) is 2.80. The summed E-state index contributed by atoms with van der Waals surface area (Å²) in [7, 11) is 0. The summed E-state index contributed by atoms with van der Waals surface area (Å²) in [5.41, 5.74) is 2.21. The van der Waals surface area contributed by atoms with Crippen molar-refractivity contribution in [3.8, 4) is 0 Å². The van der Waals surface area contributed by atoms with Crippen molar-refractivity contribution in [2.45, 2.75) is 12.6 Å². The van der Waals surface area contributed by atoms with E-state index in [1.165, 1.54) is 0 Å². The molecular weight excluding hydrogens is 258 g/mol. The number of nitrogens with zero attached hydrogens (tertiary/aromatic N) is 1. The van der Waals surface area contributed by atoms with E-state index in [9.17, 15) is 0 Å². The molecular formula is C16H14ClNO. The van der Waals surface area contributed by atoms with Crippen LogP contribution in [0.1, 0.15) is 17.2 Å². The minimum atomic E-state index is -0.0105. The van der Waals surface area contributed by atoms with Gasteiger partial charge in [-0.2, -0.15) is 0 Å². The summed E-state index contributed by atoms with van der Waals surface area (Å²) in [6, 6.07) is 18.0. The number of rotatable bonds is 3. The Morgan fingerprint density at radius 1 is 1.00 bits per heavy atom. The van der Waals surface area contributed by atoms with E-state index in [1.54, 1.807) is 0 Å². The molecule has 0 amide bonds. The molecule has 1 aliphatic heterocycles. The SMILES string of the molecule is Clc1ccccc1CN1C=C[C@H](c2ccccc2)O1. The highest BCUT2D eigenvalue weighted by molar-refractivity contribution is 6.31. The molecule has 0 aliphatic carbocycles. The maximum Gasteiger partial charge on any atom is 0.131 e. The van der Waals surface area contributed by atoms with Crippen LogP contribution in [-0.4, -0.2) is 5.06 Å². The van der Waals surface area contributed by atoms with E-state index in [1.807, 2.05) is 59.8 Å². The molecule has 0 aromatic heterocycles. The lowest BCUT2D eigenvalue weighted by Crippen LogP contribution is -2.14. The van der Waals surface area contributed by atoms with Crippen LogP contribution < -0.4 is 0 Å². The van der Waals surface area contributed by atoms with Gasteiger partial charge in [-0.25, -0.2) is 0 Å². The molecule has 0 saturated carbocycles. The summed E-state index contributed by atoms with van der Waals surface area (Å²) in [5.74, 6) is 0. The average Bonchev–Trinajstić information content (AvgIpc) is 2.91. The van der Waals surface area contributed by atoms with Gasteiger partial charge in [-0.15, -0.1) is 0 Å². The third-order valence-electron chi connectivity index (χ3n) is 3.09. The van der Waals surface area contributed by atoms with Gasteiger partial charge in [0.15, 0.2) is 0 Å². The third-order valence-corrected chi connectivity index (χ3v) is 3.46. The summed E-state index contributed by atoms with van der Waals surface area (Å²) in [6.45, 7) is 0.652. The van der Waals surface area contributed by atoms with Gasteiger partial charge in [0.05, 0.1) is 6.54 Å². The molecule has 1 aliphatic rings. The Labute approximate surface area is 117 Å². The molecule has 2 nitrogen and oxygen atoms in total. The van der Waals surface area contributed by atoms with Crippen molar-refractivity contribution in [2.75, 3.05) is 0 Å². The zero-order valence-electron chi connectivity index (χ0n) is 10.4. The first-order valence-corrected chi connectivity index (χ1v) is 6.61. The number of benzene rings is 2. The molecule has 1 atom stereocenters. The lowest BCUT2D eigenvalue weighted by atomic mass is 10.1. The number of hydroxylamine groups is 2. The van der Waals surface area contributed by atoms with E-state index in [0.29, 0.717) is 6.54 Å². The van der Waals surface area contributed by atoms with Gasteiger partial charge < -0.3 is 0 Å². The molecule has 1 heterocycles. The molecule has 0 N–H and O–H groups in total. The molecule has 0 saturated heterocycles. The normalized spacial score (nSPS) is 17.9. The van der Waals surface area contributed by atoms with Crippen LogP contribution in [0.15, 0.2) is 66.9 Å². The highest BCUT2D eigenvalue weighted by atomic mass is 35.5. The maximum absolute atomic E-state index is 6.15. The molecule has 2 aromatic carbocycles. The molecule has 0 bridgehead atoms. The fourth-order valence-corrected chi connectivity index (χ4v) is 2.28. The highest BCUT2D eigenvalue weighted by Crippen LogP contribution is 2.28. The van der Waals surface area contributed by atoms with Gasteiger partial charge in [0, 0.05) is 11.2 Å². The second kappa shape index (κ2) is 5.47. The fraction of sp³-hybridized carbons (Fsp3) is 0.125. The van der Waals surface area contributed by atoms with E-state index in [0.717, 1.165) is 16.1 Å². The standard InChI is InChI=1S/C16H14ClNO/c17-15-9-5-4-8-14(15)12-18-11-10-16(19-18)13-6-2-1-3-7-13/h1-11,16H,12H2/t16-/m1/s1. The first kappa shape index (κ1) is 12.3. The minimum Gasteiger partial charge on any atom is -0.261 e. The van der Waals surface area contributed by atoms with E-state index >= 15 is 0 Å². The van der Waals surface area contributed by atoms with Gasteiger partial charge in [-0.1, -0.05) is 60.1 Å². The summed E-state index contributed by atoms with van der Waals surface area (Å²) in [6.07, 6.45) is 4.00. The molecule has 0 spiro atoms. The Hall–Kier alpha value is -1.77. The van der Waals surface area contributed by atoms with E-state index < -0.39 is 0 Å². The zero-order chi connectivity index (χ0) is 13.1. The predicted molar refractivity (Wildman–Crippen MR) is 76.4 cm³/mol.